The van der Waals surface area contributed by atoms with E-state index in [0.717, 1.165) is 41.3 Å². The number of nitrogens with one attached hydrogen (secondary N) is 2. The normalized spacial score (nSPS) is 20.5. The molecule has 8 heteroatoms. The molecule has 2 fully saturated rings. The zero-order valence-electron chi connectivity index (χ0n) is 15.7. The van der Waals surface area contributed by atoms with Crippen molar-refractivity contribution in [2.75, 3.05) is 23.3 Å². The first kappa shape index (κ1) is 16.4. The van der Waals surface area contributed by atoms with Crippen LogP contribution in [0.25, 0.3) is 16.6 Å². The summed E-state index contributed by atoms with van der Waals surface area (Å²) in [5.41, 5.74) is 2.02. The maximum atomic E-state index is 4.85. The number of piperazine rings is 1. The molecule has 1 aromatic carbocycles. The summed E-state index contributed by atoms with van der Waals surface area (Å²) in [6.45, 7) is 2.05. The molecule has 5 heterocycles. The average Bonchev–Trinajstić information content (AvgIpc) is 3.50. The lowest BCUT2D eigenvalue weighted by Gasteiger charge is -2.28. The minimum Gasteiger partial charge on any atom is -0.351 e. The maximum absolute atomic E-state index is 4.85. The Kier molecular flexibility index (Phi) is 3.70. The number of rotatable bonds is 4. The smallest absolute Gasteiger partial charge is 0.162 e. The molecule has 6 rings (SSSR count). The molecule has 0 saturated carbocycles. The van der Waals surface area contributed by atoms with Crippen molar-refractivity contribution in [1.82, 2.24) is 30.0 Å². The molecule has 0 amide bonds. The molecular formula is C21H20N8. The van der Waals surface area contributed by atoms with Crippen LogP contribution in [0.15, 0.2) is 61.2 Å². The predicted octanol–water partition coefficient (Wildman–Crippen LogP) is 2.50. The van der Waals surface area contributed by atoms with Gasteiger partial charge in [-0.3, -0.25) is 4.98 Å². The molecule has 0 radical (unpaired) electrons. The SMILES string of the molecule is c1ccc2c(c1)c(Nc1cnccn1)nn2-c1ccnc(N2CC3CC2CN3)c1. The molecule has 2 N–H and O–H groups in total. The summed E-state index contributed by atoms with van der Waals surface area (Å²) < 4.78 is 1.96. The van der Waals surface area contributed by atoms with Gasteiger partial charge in [0.25, 0.3) is 0 Å². The number of hydrogen-bond acceptors (Lipinski definition) is 7. The van der Waals surface area contributed by atoms with E-state index in [9.17, 15) is 0 Å². The average molecular weight is 384 g/mol. The number of para-hydroxylation sites is 1. The Bertz CT molecular complexity index is 1170. The van der Waals surface area contributed by atoms with Gasteiger partial charge in [-0.05, 0) is 24.6 Å². The van der Waals surface area contributed by atoms with Gasteiger partial charge in [0.15, 0.2) is 5.82 Å². The monoisotopic (exact) mass is 384 g/mol. The van der Waals surface area contributed by atoms with E-state index in [1.165, 1.54) is 6.42 Å². The molecule has 4 aromatic rings. The largest absolute Gasteiger partial charge is 0.351 e. The number of nitrogens with zero attached hydrogens (tertiary/aromatic N) is 6. The van der Waals surface area contributed by atoms with Gasteiger partial charge in [0.05, 0.1) is 17.4 Å². The minimum absolute atomic E-state index is 0.533. The Labute approximate surface area is 167 Å². The number of hydrogen-bond donors (Lipinski definition) is 2. The first-order valence-corrected chi connectivity index (χ1v) is 9.82. The summed E-state index contributed by atoms with van der Waals surface area (Å²) in [5.74, 6) is 2.43. The number of pyridine rings is 1. The summed E-state index contributed by atoms with van der Waals surface area (Å²) in [5, 5.41) is 12.7. The van der Waals surface area contributed by atoms with E-state index in [1.807, 2.05) is 29.1 Å². The van der Waals surface area contributed by atoms with Crippen LogP contribution in [0.4, 0.5) is 17.5 Å². The number of benzene rings is 1. The first-order valence-electron chi connectivity index (χ1n) is 9.82. The highest BCUT2D eigenvalue weighted by molar-refractivity contribution is 5.92. The standard InChI is InChI=1S/C21H20N8/c1-2-4-18-17(3-1)21(26-19-12-22-7-8-23-19)27-29(18)15-5-6-24-20(10-15)28-13-14-9-16(28)11-25-14/h1-8,10,12,14,16,25H,9,11,13H2,(H,23,26,27). The van der Waals surface area contributed by atoms with E-state index in [-0.39, 0.29) is 0 Å². The van der Waals surface area contributed by atoms with E-state index in [0.29, 0.717) is 17.9 Å². The first-order chi connectivity index (χ1) is 14.3. The topological polar surface area (TPSA) is 83.8 Å². The van der Waals surface area contributed by atoms with Crippen LogP contribution in [0, 0.1) is 0 Å². The van der Waals surface area contributed by atoms with Gasteiger partial charge >= 0.3 is 0 Å². The van der Waals surface area contributed by atoms with Gasteiger partial charge in [-0.25, -0.2) is 14.6 Å². The third kappa shape index (κ3) is 2.80. The highest BCUT2D eigenvalue weighted by Gasteiger charge is 2.38. The molecule has 2 saturated heterocycles. The Hall–Kier alpha value is -3.52. The molecule has 144 valence electrons. The van der Waals surface area contributed by atoms with Gasteiger partial charge in [-0.2, -0.15) is 0 Å². The fraction of sp³-hybridized carbons (Fsp3) is 0.238. The lowest BCUT2D eigenvalue weighted by molar-refractivity contribution is 0.576. The Balaban J connectivity index is 1.41. The third-order valence-electron chi connectivity index (χ3n) is 5.72. The predicted molar refractivity (Wildman–Crippen MR) is 112 cm³/mol. The van der Waals surface area contributed by atoms with Gasteiger partial charge < -0.3 is 15.5 Å². The second-order valence-electron chi connectivity index (χ2n) is 7.51. The van der Waals surface area contributed by atoms with Gasteiger partial charge in [0.2, 0.25) is 0 Å². The molecule has 3 aromatic heterocycles. The molecule has 2 unspecified atom stereocenters. The van der Waals surface area contributed by atoms with Gasteiger partial charge in [-0.15, -0.1) is 5.10 Å². The van der Waals surface area contributed by atoms with Gasteiger partial charge in [0, 0.05) is 55.2 Å². The molecular weight excluding hydrogens is 364 g/mol. The molecule has 2 bridgehead atoms. The summed E-state index contributed by atoms with van der Waals surface area (Å²) in [4.78, 5) is 15.5. The van der Waals surface area contributed by atoms with Crippen molar-refractivity contribution in [3.63, 3.8) is 0 Å². The fourth-order valence-corrected chi connectivity index (χ4v) is 4.38. The lowest BCUT2D eigenvalue weighted by atomic mass is 10.2. The molecule has 0 aliphatic carbocycles. The molecule has 2 atom stereocenters. The molecule has 8 nitrogen and oxygen atoms in total. The van der Waals surface area contributed by atoms with Gasteiger partial charge in [0.1, 0.15) is 11.6 Å². The van der Waals surface area contributed by atoms with Crippen LogP contribution in [0.2, 0.25) is 0 Å². The maximum Gasteiger partial charge on any atom is 0.162 e. The van der Waals surface area contributed by atoms with Crippen molar-refractivity contribution in [2.24, 2.45) is 0 Å². The van der Waals surface area contributed by atoms with Crippen molar-refractivity contribution in [2.45, 2.75) is 18.5 Å². The molecule has 0 spiro atoms. The van der Waals surface area contributed by atoms with Crippen LogP contribution in [-0.2, 0) is 0 Å². The Morgan fingerprint density at radius 1 is 1.07 bits per heavy atom. The van der Waals surface area contributed by atoms with Crippen LogP contribution in [0.1, 0.15) is 6.42 Å². The Morgan fingerprint density at radius 3 is 2.86 bits per heavy atom. The van der Waals surface area contributed by atoms with Crippen molar-refractivity contribution < 1.29 is 0 Å². The fourth-order valence-electron chi connectivity index (χ4n) is 4.38. The van der Waals surface area contributed by atoms with Crippen LogP contribution in [0.3, 0.4) is 0 Å². The van der Waals surface area contributed by atoms with E-state index in [2.05, 4.69) is 48.7 Å². The van der Waals surface area contributed by atoms with Crippen molar-refractivity contribution in [3.8, 4) is 5.69 Å². The summed E-state index contributed by atoms with van der Waals surface area (Å²) in [6.07, 6.45) is 8.07. The second-order valence-corrected chi connectivity index (χ2v) is 7.51. The van der Waals surface area contributed by atoms with E-state index in [1.54, 1.807) is 18.6 Å². The van der Waals surface area contributed by atoms with E-state index >= 15 is 0 Å². The van der Waals surface area contributed by atoms with Crippen LogP contribution >= 0.6 is 0 Å². The molecule has 29 heavy (non-hydrogen) atoms. The zero-order valence-corrected chi connectivity index (χ0v) is 15.7. The van der Waals surface area contributed by atoms with Crippen LogP contribution in [-0.4, -0.2) is 49.9 Å². The molecule has 2 aliphatic heterocycles. The third-order valence-corrected chi connectivity index (χ3v) is 5.72. The summed E-state index contributed by atoms with van der Waals surface area (Å²) >= 11 is 0. The highest BCUT2D eigenvalue weighted by atomic mass is 15.3. The number of anilines is 3. The van der Waals surface area contributed by atoms with Crippen LogP contribution < -0.4 is 15.5 Å². The van der Waals surface area contributed by atoms with Crippen molar-refractivity contribution in [1.29, 1.82) is 0 Å². The number of fused-ring (bicyclic) bond motifs is 3. The van der Waals surface area contributed by atoms with E-state index < -0.39 is 0 Å². The molecule has 2 aliphatic rings. The minimum atomic E-state index is 0.533. The quantitative estimate of drug-likeness (QED) is 0.559. The van der Waals surface area contributed by atoms with Gasteiger partial charge in [-0.1, -0.05) is 12.1 Å². The van der Waals surface area contributed by atoms with Crippen molar-refractivity contribution in [3.05, 3.63) is 61.2 Å². The summed E-state index contributed by atoms with van der Waals surface area (Å²) in [6, 6.07) is 13.4. The zero-order chi connectivity index (χ0) is 19.2. The highest BCUT2D eigenvalue weighted by Crippen LogP contribution is 2.31. The second kappa shape index (κ2) is 6.52. The Morgan fingerprint density at radius 2 is 2.03 bits per heavy atom. The van der Waals surface area contributed by atoms with Crippen LogP contribution in [0.5, 0.6) is 0 Å². The van der Waals surface area contributed by atoms with Crippen molar-refractivity contribution >= 4 is 28.4 Å². The van der Waals surface area contributed by atoms with E-state index in [4.69, 9.17) is 5.10 Å². The summed E-state index contributed by atoms with van der Waals surface area (Å²) in [7, 11) is 0. The lowest BCUT2D eigenvalue weighted by Crippen LogP contribution is -2.44. The number of aromatic nitrogens is 5.